The number of benzene rings is 3. The first-order valence-electron chi connectivity index (χ1n) is 8.65. The van der Waals surface area contributed by atoms with Crippen LogP contribution in [0.15, 0.2) is 76.1 Å². The molecule has 3 aromatic carbocycles. The molecule has 1 aromatic heterocycles. The molecular weight excluding hydrogens is 378 g/mol. The molecule has 1 heterocycles. The molecule has 0 spiro atoms. The molecule has 0 unspecified atom stereocenters. The highest BCUT2D eigenvalue weighted by Gasteiger charge is 2.14. The van der Waals surface area contributed by atoms with Gasteiger partial charge in [-0.25, -0.2) is 8.42 Å². The second-order valence-electron chi connectivity index (χ2n) is 6.47. The Balaban J connectivity index is 1.57. The molecule has 28 heavy (non-hydrogen) atoms. The molecule has 142 valence electrons. The molecule has 0 atom stereocenters. The highest BCUT2D eigenvalue weighted by molar-refractivity contribution is 7.92. The highest BCUT2D eigenvalue weighted by Crippen LogP contribution is 2.21. The summed E-state index contributed by atoms with van der Waals surface area (Å²) in [6, 6.07) is 18.0. The van der Waals surface area contributed by atoms with Gasteiger partial charge in [-0.05, 0) is 41.0 Å². The third-order valence-corrected chi connectivity index (χ3v) is 5.84. The van der Waals surface area contributed by atoms with Crippen LogP contribution in [0.25, 0.3) is 21.7 Å². The Kier molecular flexibility index (Phi) is 4.52. The second-order valence-corrected chi connectivity index (χ2v) is 8.31. The lowest BCUT2D eigenvalue weighted by Crippen LogP contribution is -2.18. The van der Waals surface area contributed by atoms with Gasteiger partial charge in [0, 0.05) is 5.69 Å². The van der Waals surface area contributed by atoms with Gasteiger partial charge in [-0.3, -0.25) is 9.52 Å². The van der Waals surface area contributed by atoms with Gasteiger partial charge in [-0.2, -0.15) is 0 Å². The van der Waals surface area contributed by atoms with Gasteiger partial charge in [0.15, 0.2) is 5.75 Å². The summed E-state index contributed by atoms with van der Waals surface area (Å²) in [5.74, 6) is -0.628. The van der Waals surface area contributed by atoms with Crippen LogP contribution in [0.1, 0.15) is 5.56 Å². The van der Waals surface area contributed by atoms with Gasteiger partial charge >= 0.3 is 0 Å². The van der Waals surface area contributed by atoms with Crippen molar-refractivity contribution in [1.82, 2.24) is 0 Å². The average molecular weight is 395 g/mol. The Morgan fingerprint density at radius 2 is 1.75 bits per heavy atom. The third-order valence-electron chi connectivity index (χ3n) is 4.55. The van der Waals surface area contributed by atoms with Crippen LogP contribution < -0.4 is 10.2 Å². The summed E-state index contributed by atoms with van der Waals surface area (Å²) < 4.78 is 32.7. The van der Waals surface area contributed by atoms with E-state index in [1.165, 1.54) is 18.2 Å². The number of aromatic hydroxyl groups is 1. The van der Waals surface area contributed by atoms with Crippen LogP contribution in [0, 0.1) is 0 Å². The van der Waals surface area contributed by atoms with Crippen molar-refractivity contribution in [2.75, 3.05) is 10.5 Å². The fourth-order valence-electron chi connectivity index (χ4n) is 3.17. The standard InChI is InChI=1S/C21H17NO5S/c23-19-13-27-20-9-8-16(12-18(20)21(19)24)22-28(25,26)11-10-15-6-3-5-14-4-1-2-7-17(14)15/h1-9,12-13,22-23H,10-11H2. The number of rotatable bonds is 5. The maximum absolute atomic E-state index is 12.5. The molecule has 0 aliphatic carbocycles. The molecule has 6 nitrogen and oxygen atoms in total. The summed E-state index contributed by atoms with van der Waals surface area (Å²) in [4.78, 5) is 12.0. The van der Waals surface area contributed by atoms with Gasteiger partial charge in [0.2, 0.25) is 15.5 Å². The predicted molar refractivity (Wildman–Crippen MR) is 109 cm³/mol. The normalized spacial score (nSPS) is 11.7. The predicted octanol–water partition coefficient (Wildman–Crippen LogP) is 3.64. The number of nitrogens with one attached hydrogen (secondary N) is 1. The van der Waals surface area contributed by atoms with E-state index in [0.29, 0.717) is 6.42 Å². The molecule has 0 saturated heterocycles. The summed E-state index contributed by atoms with van der Waals surface area (Å²) in [5.41, 5.74) is 0.843. The summed E-state index contributed by atoms with van der Waals surface area (Å²) in [7, 11) is -3.64. The third kappa shape index (κ3) is 3.57. The van der Waals surface area contributed by atoms with Crippen molar-refractivity contribution in [3.63, 3.8) is 0 Å². The SMILES string of the molecule is O=c1c(O)coc2ccc(NS(=O)(=O)CCc3cccc4ccccc34)cc12. The van der Waals surface area contributed by atoms with Crippen LogP contribution in [0.5, 0.6) is 5.75 Å². The maximum Gasteiger partial charge on any atom is 0.234 e. The summed E-state index contributed by atoms with van der Waals surface area (Å²) in [6.07, 6.45) is 1.31. The monoisotopic (exact) mass is 395 g/mol. The lowest BCUT2D eigenvalue weighted by Gasteiger charge is -2.10. The van der Waals surface area contributed by atoms with E-state index in [0.717, 1.165) is 22.6 Å². The number of sulfonamides is 1. The van der Waals surface area contributed by atoms with Crippen molar-refractivity contribution in [2.45, 2.75) is 6.42 Å². The molecule has 4 aromatic rings. The number of aryl methyl sites for hydroxylation is 1. The summed E-state index contributed by atoms with van der Waals surface area (Å²) in [6.45, 7) is 0. The zero-order chi connectivity index (χ0) is 19.7. The molecule has 0 fully saturated rings. The van der Waals surface area contributed by atoms with Gasteiger partial charge in [0.1, 0.15) is 11.8 Å². The van der Waals surface area contributed by atoms with Gasteiger partial charge in [0.25, 0.3) is 0 Å². The molecule has 0 aliphatic heterocycles. The lowest BCUT2D eigenvalue weighted by molar-refractivity contribution is 0.442. The fraction of sp³-hybridized carbons (Fsp3) is 0.0952. The number of fused-ring (bicyclic) bond motifs is 2. The van der Waals surface area contributed by atoms with Crippen molar-refractivity contribution in [2.24, 2.45) is 0 Å². The Morgan fingerprint density at radius 1 is 0.964 bits per heavy atom. The Hall–Kier alpha value is -3.32. The molecule has 0 saturated carbocycles. The van der Waals surface area contributed by atoms with E-state index in [4.69, 9.17) is 4.42 Å². The van der Waals surface area contributed by atoms with Crippen molar-refractivity contribution >= 4 is 37.5 Å². The molecule has 2 N–H and O–H groups in total. The largest absolute Gasteiger partial charge is 0.502 e. The molecule has 4 rings (SSSR count). The zero-order valence-corrected chi connectivity index (χ0v) is 15.6. The number of hydrogen-bond donors (Lipinski definition) is 2. The highest BCUT2D eigenvalue weighted by atomic mass is 32.2. The molecule has 0 radical (unpaired) electrons. The molecule has 0 amide bonds. The van der Waals surface area contributed by atoms with E-state index in [2.05, 4.69) is 4.72 Å². The minimum absolute atomic E-state index is 0.103. The van der Waals surface area contributed by atoms with E-state index in [1.807, 2.05) is 42.5 Å². The Bertz CT molecular complexity index is 1340. The number of anilines is 1. The quantitative estimate of drug-likeness (QED) is 0.538. The van der Waals surface area contributed by atoms with Crippen LogP contribution in [-0.4, -0.2) is 19.3 Å². The molecule has 0 bridgehead atoms. The van der Waals surface area contributed by atoms with E-state index >= 15 is 0 Å². The fourth-order valence-corrected chi connectivity index (χ4v) is 4.25. The minimum atomic E-state index is -3.64. The van der Waals surface area contributed by atoms with Crippen LogP contribution in [0.4, 0.5) is 5.69 Å². The first-order chi connectivity index (χ1) is 13.4. The van der Waals surface area contributed by atoms with E-state index in [-0.39, 0.29) is 22.4 Å². The van der Waals surface area contributed by atoms with E-state index in [9.17, 15) is 18.3 Å². The molecule has 7 heteroatoms. The van der Waals surface area contributed by atoms with Gasteiger partial charge < -0.3 is 9.52 Å². The smallest absolute Gasteiger partial charge is 0.234 e. The van der Waals surface area contributed by atoms with Crippen LogP contribution in [0.2, 0.25) is 0 Å². The van der Waals surface area contributed by atoms with Crippen molar-refractivity contribution < 1.29 is 17.9 Å². The van der Waals surface area contributed by atoms with Crippen LogP contribution in [0.3, 0.4) is 0 Å². The van der Waals surface area contributed by atoms with Crippen molar-refractivity contribution in [1.29, 1.82) is 0 Å². The average Bonchev–Trinajstić information content (AvgIpc) is 2.69. The van der Waals surface area contributed by atoms with Gasteiger partial charge in [0.05, 0.1) is 11.1 Å². The second kappa shape index (κ2) is 7.01. The zero-order valence-electron chi connectivity index (χ0n) is 14.8. The van der Waals surface area contributed by atoms with Crippen molar-refractivity contribution in [3.8, 4) is 5.75 Å². The minimum Gasteiger partial charge on any atom is -0.502 e. The summed E-state index contributed by atoms with van der Waals surface area (Å²) >= 11 is 0. The topological polar surface area (TPSA) is 96.6 Å². The molecule has 0 aliphatic rings. The van der Waals surface area contributed by atoms with Gasteiger partial charge in [-0.15, -0.1) is 0 Å². The Morgan fingerprint density at radius 3 is 2.61 bits per heavy atom. The first-order valence-corrected chi connectivity index (χ1v) is 10.3. The molecular formula is C21H17NO5S. The van der Waals surface area contributed by atoms with Crippen LogP contribution in [-0.2, 0) is 16.4 Å². The Labute approximate surface area is 161 Å². The summed E-state index contributed by atoms with van der Waals surface area (Å²) in [5, 5.41) is 11.7. The first kappa shape index (κ1) is 18.1. The number of hydrogen-bond acceptors (Lipinski definition) is 5. The van der Waals surface area contributed by atoms with Crippen molar-refractivity contribution in [3.05, 3.63) is 82.7 Å². The van der Waals surface area contributed by atoms with Gasteiger partial charge in [-0.1, -0.05) is 42.5 Å². The maximum atomic E-state index is 12.5. The van der Waals surface area contributed by atoms with Crippen LogP contribution >= 0.6 is 0 Å². The lowest BCUT2D eigenvalue weighted by atomic mass is 10.0. The van der Waals surface area contributed by atoms with E-state index < -0.39 is 21.2 Å². The van der Waals surface area contributed by atoms with E-state index in [1.54, 1.807) is 0 Å².